The number of hydrogen-bond donors (Lipinski definition) is 1. The molecule has 0 atom stereocenters. The molecule has 0 saturated heterocycles. The number of amides is 1. The molecule has 0 aliphatic carbocycles. The highest BCUT2D eigenvalue weighted by molar-refractivity contribution is 9.10. The summed E-state index contributed by atoms with van der Waals surface area (Å²) >= 11 is 3.37. The zero-order valence-corrected chi connectivity index (χ0v) is 13.4. The maximum atomic E-state index is 12.6. The van der Waals surface area contributed by atoms with Gasteiger partial charge in [0.15, 0.2) is 0 Å². The second-order valence-corrected chi connectivity index (χ2v) is 5.80. The number of nitrogen functional groups attached to an aromatic ring is 1. The zero-order chi connectivity index (χ0) is 14.9. The minimum atomic E-state index is -0.115. The van der Waals surface area contributed by atoms with Crippen molar-refractivity contribution in [3.8, 4) is 0 Å². The standard InChI is InChI=1S/C16H17BrN2O/c1-10-4-7-15(11(2)8-10)19(3)16(20)13-9-12(17)5-6-14(13)18/h4-9H,18H2,1-3H3. The normalized spacial score (nSPS) is 10.4. The lowest BCUT2D eigenvalue weighted by Crippen LogP contribution is -2.27. The van der Waals surface area contributed by atoms with Gasteiger partial charge >= 0.3 is 0 Å². The number of hydrogen-bond acceptors (Lipinski definition) is 2. The molecule has 3 nitrogen and oxygen atoms in total. The smallest absolute Gasteiger partial charge is 0.260 e. The molecule has 2 rings (SSSR count). The van der Waals surface area contributed by atoms with Crippen molar-refractivity contribution in [2.45, 2.75) is 13.8 Å². The predicted molar refractivity (Wildman–Crippen MR) is 87.2 cm³/mol. The van der Waals surface area contributed by atoms with Crippen molar-refractivity contribution in [2.75, 3.05) is 17.7 Å². The third kappa shape index (κ3) is 2.85. The van der Waals surface area contributed by atoms with Crippen LogP contribution < -0.4 is 10.6 Å². The van der Waals surface area contributed by atoms with Gasteiger partial charge < -0.3 is 10.6 Å². The summed E-state index contributed by atoms with van der Waals surface area (Å²) in [5.41, 5.74) is 10.0. The SMILES string of the molecule is Cc1ccc(N(C)C(=O)c2cc(Br)ccc2N)c(C)c1. The molecule has 2 aromatic rings. The molecule has 0 aromatic heterocycles. The summed E-state index contributed by atoms with van der Waals surface area (Å²) in [6.45, 7) is 4.03. The van der Waals surface area contributed by atoms with Crippen molar-refractivity contribution in [3.05, 3.63) is 57.6 Å². The molecule has 0 fully saturated rings. The molecule has 0 heterocycles. The molecule has 0 bridgehead atoms. The topological polar surface area (TPSA) is 46.3 Å². The fraction of sp³-hybridized carbons (Fsp3) is 0.188. The Morgan fingerprint density at radius 2 is 1.85 bits per heavy atom. The van der Waals surface area contributed by atoms with E-state index in [1.165, 1.54) is 5.56 Å². The van der Waals surface area contributed by atoms with Crippen LogP contribution in [0.1, 0.15) is 21.5 Å². The van der Waals surface area contributed by atoms with E-state index in [1.807, 2.05) is 32.0 Å². The lowest BCUT2D eigenvalue weighted by Gasteiger charge is -2.21. The number of halogens is 1. The molecule has 2 aromatic carbocycles. The molecule has 0 unspecified atom stereocenters. The Balaban J connectivity index is 2.40. The third-order valence-electron chi connectivity index (χ3n) is 3.26. The Hall–Kier alpha value is -1.81. The molecule has 0 aliphatic rings. The Kier molecular flexibility index (Phi) is 4.14. The van der Waals surface area contributed by atoms with Crippen LogP contribution in [0.4, 0.5) is 11.4 Å². The largest absolute Gasteiger partial charge is 0.398 e. The van der Waals surface area contributed by atoms with Gasteiger partial charge in [-0.2, -0.15) is 0 Å². The van der Waals surface area contributed by atoms with Crippen molar-refractivity contribution in [1.82, 2.24) is 0 Å². The first-order valence-electron chi connectivity index (χ1n) is 6.30. The first kappa shape index (κ1) is 14.6. The summed E-state index contributed by atoms with van der Waals surface area (Å²) in [6.07, 6.45) is 0. The second-order valence-electron chi connectivity index (χ2n) is 4.89. The molecule has 104 valence electrons. The molecule has 20 heavy (non-hydrogen) atoms. The summed E-state index contributed by atoms with van der Waals surface area (Å²) in [6, 6.07) is 11.3. The summed E-state index contributed by atoms with van der Waals surface area (Å²) in [5, 5.41) is 0. The Bertz CT molecular complexity index is 668. The number of carbonyl (C=O) groups excluding carboxylic acids is 1. The van der Waals surface area contributed by atoms with Crippen LogP contribution in [0.15, 0.2) is 40.9 Å². The number of carbonyl (C=O) groups is 1. The molecule has 4 heteroatoms. The maximum absolute atomic E-state index is 12.6. The van der Waals surface area contributed by atoms with Crippen LogP contribution in [0.3, 0.4) is 0 Å². The van der Waals surface area contributed by atoms with Crippen molar-refractivity contribution in [2.24, 2.45) is 0 Å². The van der Waals surface area contributed by atoms with E-state index in [9.17, 15) is 4.79 Å². The molecule has 2 N–H and O–H groups in total. The van der Waals surface area contributed by atoms with Crippen molar-refractivity contribution in [1.29, 1.82) is 0 Å². The van der Waals surface area contributed by atoms with Gasteiger partial charge in [0.25, 0.3) is 5.91 Å². The van der Waals surface area contributed by atoms with Gasteiger partial charge in [-0.15, -0.1) is 0 Å². The van der Waals surface area contributed by atoms with E-state index in [2.05, 4.69) is 22.0 Å². The van der Waals surface area contributed by atoms with Crippen LogP contribution in [-0.2, 0) is 0 Å². The van der Waals surface area contributed by atoms with Crippen molar-refractivity contribution >= 4 is 33.2 Å². The third-order valence-corrected chi connectivity index (χ3v) is 3.76. The van der Waals surface area contributed by atoms with Gasteiger partial charge in [0, 0.05) is 22.9 Å². The van der Waals surface area contributed by atoms with E-state index < -0.39 is 0 Å². The quantitative estimate of drug-likeness (QED) is 0.847. The van der Waals surface area contributed by atoms with Gasteiger partial charge in [0.05, 0.1) is 5.56 Å². The molecule has 0 spiro atoms. The highest BCUT2D eigenvalue weighted by Crippen LogP contribution is 2.25. The first-order chi connectivity index (χ1) is 9.40. The first-order valence-corrected chi connectivity index (χ1v) is 7.10. The number of nitrogens with two attached hydrogens (primary N) is 1. The van der Waals surface area contributed by atoms with E-state index in [0.29, 0.717) is 11.3 Å². The molecule has 0 radical (unpaired) electrons. The summed E-state index contributed by atoms with van der Waals surface area (Å²) in [7, 11) is 1.76. The van der Waals surface area contributed by atoms with Crippen molar-refractivity contribution in [3.63, 3.8) is 0 Å². The van der Waals surface area contributed by atoms with E-state index in [-0.39, 0.29) is 5.91 Å². The van der Waals surface area contributed by atoms with Gasteiger partial charge in [0.2, 0.25) is 0 Å². The Morgan fingerprint density at radius 1 is 1.15 bits per heavy atom. The molecule has 1 amide bonds. The van der Waals surface area contributed by atoms with Crippen LogP contribution in [-0.4, -0.2) is 13.0 Å². The van der Waals surface area contributed by atoms with Gasteiger partial charge in [-0.05, 0) is 43.7 Å². The van der Waals surface area contributed by atoms with Gasteiger partial charge in [-0.25, -0.2) is 0 Å². The fourth-order valence-corrected chi connectivity index (χ4v) is 2.55. The summed E-state index contributed by atoms with van der Waals surface area (Å²) in [5.74, 6) is -0.115. The highest BCUT2D eigenvalue weighted by atomic mass is 79.9. The average molecular weight is 333 g/mol. The number of aryl methyl sites for hydroxylation is 2. The number of rotatable bonds is 2. The number of nitrogens with zero attached hydrogens (tertiary/aromatic N) is 1. The predicted octanol–water partition coefficient (Wildman–Crippen LogP) is 3.92. The fourth-order valence-electron chi connectivity index (χ4n) is 2.19. The van der Waals surface area contributed by atoms with Crippen LogP contribution in [0, 0.1) is 13.8 Å². The molecule has 0 saturated carbocycles. The lowest BCUT2D eigenvalue weighted by molar-refractivity contribution is 0.0993. The van der Waals surface area contributed by atoms with Crippen molar-refractivity contribution < 1.29 is 4.79 Å². The number of benzene rings is 2. The van der Waals surface area contributed by atoms with E-state index >= 15 is 0 Å². The monoisotopic (exact) mass is 332 g/mol. The van der Waals surface area contributed by atoms with Crippen LogP contribution in [0.5, 0.6) is 0 Å². The Labute approximate surface area is 127 Å². The maximum Gasteiger partial charge on any atom is 0.260 e. The average Bonchev–Trinajstić information content (AvgIpc) is 2.40. The van der Waals surface area contributed by atoms with Gasteiger partial charge in [-0.1, -0.05) is 33.6 Å². The van der Waals surface area contributed by atoms with E-state index in [0.717, 1.165) is 15.7 Å². The van der Waals surface area contributed by atoms with Gasteiger partial charge in [0.1, 0.15) is 0 Å². The summed E-state index contributed by atoms with van der Waals surface area (Å²) in [4.78, 5) is 14.2. The van der Waals surface area contributed by atoms with E-state index in [4.69, 9.17) is 5.73 Å². The van der Waals surface area contributed by atoms with Crippen LogP contribution >= 0.6 is 15.9 Å². The zero-order valence-electron chi connectivity index (χ0n) is 11.8. The Morgan fingerprint density at radius 3 is 2.50 bits per heavy atom. The molecular weight excluding hydrogens is 316 g/mol. The minimum absolute atomic E-state index is 0.115. The molecule has 0 aliphatic heterocycles. The second kappa shape index (κ2) is 5.67. The van der Waals surface area contributed by atoms with Crippen LogP contribution in [0.2, 0.25) is 0 Å². The van der Waals surface area contributed by atoms with E-state index in [1.54, 1.807) is 24.1 Å². The molecular formula is C16H17BrN2O. The van der Waals surface area contributed by atoms with Crippen LogP contribution in [0.25, 0.3) is 0 Å². The highest BCUT2D eigenvalue weighted by Gasteiger charge is 2.17. The van der Waals surface area contributed by atoms with Gasteiger partial charge in [-0.3, -0.25) is 4.79 Å². The number of anilines is 2. The lowest BCUT2D eigenvalue weighted by atomic mass is 10.1. The minimum Gasteiger partial charge on any atom is -0.398 e. The summed E-state index contributed by atoms with van der Waals surface area (Å²) < 4.78 is 0.837.